The molecule has 2 aromatic heterocycles. The molecular formula is C29H32N4O6S. The van der Waals surface area contributed by atoms with E-state index >= 15 is 0 Å². The zero-order chi connectivity index (χ0) is 28.9. The van der Waals surface area contributed by atoms with E-state index in [-0.39, 0.29) is 17.9 Å². The third-order valence-electron chi connectivity index (χ3n) is 5.94. The summed E-state index contributed by atoms with van der Waals surface area (Å²) in [4.78, 5) is 29.7. The van der Waals surface area contributed by atoms with E-state index in [1.54, 1.807) is 81.6 Å². The predicted octanol–water partition coefficient (Wildman–Crippen LogP) is 4.81. The van der Waals surface area contributed by atoms with Gasteiger partial charge in [0.15, 0.2) is 5.65 Å². The Balaban J connectivity index is 1.54. The van der Waals surface area contributed by atoms with Crippen LogP contribution in [0.2, 0.25) is 0 Å². The number of rotatable bonds is 9. The van der Waals surface area contributed by atoms with Crippen molar-refractivity contribution in [3.8, 4) is 11.1 Å². The predicted molar refractivity (Wildman–Crippen MR) is 152 cm³/mol. The molecule has 10 nitrogen and oxygen atoms in total. The average Bonchev–Trinajstić information content (AvgIpc) is 3.36. The van der Waals surface area contributed by atoms with Crippen LogP contribution in [0.1, 0.15) is 27.2 Å². The first-order valence-corrected chi connectivity index (χ1v) is 14.1. The number of carbonyl (C=O) groups excluding carboxylic acids is 2. The van der Waals surface area contributed by atoms with Gasteiger partial charge in [-0.3, -0.25) is 4.79 Å². The van der Waals surface area contributed by atoms with Gasteiger partial charge in [-0.2, -0.15) is 0 Å². The topological polar surface area (TPSA) is 129 Å². The number of alkyl carbamates (subject to hydrolysis) is 1. The highest BCUT2D eigenvalue weighted by molar-refractivity contribution is 7.90. The fourth-order valence-corrected chi connectivity index (χ4v) is 5.41. The molecule has 0 bridgehead atoms. The third kappa shape index (κ3) is 6.67. The fourth-order valence-electron chi connectivity index (χ4n) is 4.08. The molecule has 1 atom stereocenters. The molecule has 4 aromatic rings. The second-order valence-corrected chi connectivity index (χ2v) is 11.9. The summed E-state index contributed by atoms with van der Waals surface area (Å²) in [6, 6.07) is 18.0. The number of hydrogen-bond acceptors (Lipinski definition) is 7. The molecule has 0 aliphatic rings. The van der Waals surface area contributed by atoms with Gasteiger partial charge in [0.05, 0.1) is 4.90 Å². The van der Waals surface area contributed by atoms with Gasteiger partial charge < -0.3 is 20.1 Å². The van der Waals surface area contributed by atoms with Gasteiger partial charge in [0.25, 0.3) is 10.0 Å². The Morgan fingerprint density at radius 1 is 1.00 bits per heavy atom. The molecule has 0 aliphatic carbocycles. The van der Waals surface area contributed by atoms with Gasteiger partial charge in [-0.25, -0.2) is 22.2 Å². The van der Waals surface area contributed by atoms with E-state index in [2.05, 4.69) is 15.6 Å². The van der Waals surface area contributed by atoms with Crippen molar-refractivity contribution in [1.29, 1.82) is 0 Å². The van der Waals surface area contributed by atoms with Crippen LogP contribution in [0.25, 0.3) is 22.2 Å². The maximum Gasteiger partial charge on any atom is 0.408 e. The summed E-state index contributed by atoms with van der Waals surface area (Å²) in [5.74, 6) is -0.412. The number of fused-ring (bicyclic) bond motifs is 1. The summed E-state index contributed by atoms with van der Waals surface area (Å²) in [7, 11) is -2.30. The molecule has 0 radical (unpaired) electrons. The minimum atomic E-state index is -3.82. The molecule has 11 heteroatoms. The minimum Gasteiger partial charge on any atom is -0.444 e. The van der Waals surface area contributed by atoms with Crippen molar-refractivity contribution in [3.63, 3.8) is 0 Å². The monoisotopic (exact) mass is 564 g/mol. The lowest BCUT2D eigenvalue weighted by Crippen LogP contribution is -2.46. The fraction of sp³-hybridized carbons (Fsp3) is 0.276. The lowest BCUT2D eigenvalue weighted by atomic mass is 10.0. The highest BCUT2D eigenvalue weighted by Crippen LogP contribution is 2.30. The molecule has 2 amide bonds. The molecule has 2 aromatic carbocycles. The molecule has 0 saturated carbocycles. The van der Waals surface area contributed by atoms with Gasteiger partial charge in [-0.05, 0) is 68.3 Å². The van der Waals surface area contributed by atoms with Crippen molar-refractivity contribution < 1.29 is 27.5 Å². The smallest absolute Gasteiger partial charge is 0.408 e. The van der Waals surface area contributed by atoms with Gasteiger partial charge >= 0.3 is 6.09 Å². The number of carbonyl (C=O) groups is 2. The molecule has 2 N–H and O–H groups in total. The first-order valence-electron chi connectivity index (χ1n) is 12.7. The Bertz CT molecular complexity index is 1590. The summed E-state index contributed by atoms with van der Waals surface area (Å²) in [6.07, 6.45) is 2.63. The van der Waals surface area contributed by atoms with E-state index in [4.69, 9.17) is 9.47 Å². The van der Waals surface area contributed by atoms with E-state index in [0.717, 1.165) is 11.1 Å². The van der Waals surface area contributed by atoms with Gasteiger partial charge in [-0.1, -0.05) is 30.3 Å². The van der Waals surface area contributed by atoms with E-state index in [1.165, 1.54) is 17.3 Å². The molecule has 40 heavy (non-hydrogen) atoms. The van der Waals surface area contributed by atoms with Crippen LogP contribution in [0.15, 0.2) is 84.0 Å². The number of anilines is 1. The van der Waals surface area contributed by atoms with Crippen LogP contribution in [0.3, 0.4) is 0 Å². The lowest BCUT2D eigenvalue weighted by Gasteiger charge is -2.23. The van der Waals surface area contributed by atoms with Crippen LogP contribution in [-0.4, -0.2) is 54.7 Å². The molecule has 0 saturated heterocycles. The summed E-state index contributed by atoms with van der Waals surface area (Å²) in [6.45, 7) is 5.49. The average molecular weight is 565 g/mol. The van der Waals surface area contributed by atoms with Gasteiger partial charge in [0, 0.05) is 43.6 Å². The van der Waals surface area contributed by atoms with Crippen molar-refractivity contribution in [2.75, 3.05) is 19.0 Å². The highest BCUT2D eigenvalue weighted by Gasteiger charge is 2.25. The summed E-state index contributed by atoms with van der Waals surface area (Å²) >= 11 is 0. The number of aromatic nitrogens is 2. The minimum absolute atomic E-state index is 0.171. The number of nitrogens with zero attached hydrogens (tertiary/aromatic N) is 2. The van der Waals surface area contributed by atoms with E-state index in [9.17, 15) is 18.0 Å². The SMILES string of the molecule is COCCC(NC(=O)OC(C)(C)C)C(=O)Nc1ccc(-c2ccnc3c2ccn3S(=O)(=O)c2ccccc2)cc1. The van der Waals surface area contributed by atoms with Crippen LogP contribution >= 0.6 is 0 Å². The molecule has 0 spiro atoms. The number of ether oxygens (including phenoxy) is 2. The maximum atomic E-state index is 13.2. The second-order valence-electron chi connectivity index (χ2n) is 10.1. The van der Waals surface area contributed by atoms with Crippen molar-refractivity contribution >= 4 is 38.7 Å². The lowest BCUT2D eigenvalue weighted by molar-refractivity contribution is -0.118. The highest BCUT2D eigenvalue weighted by atomic mass is 32.2. The summed E-state index contributed by atoms with van der Waals surface area (Å²) < 4.78 is 37.9. The first-order chi connectivity index (χ1) is 19.0. The maximum absolute atomic E-state index is 13.2. The quantitative estimate of drug-likeness (QED) is 0.299. The number of amides is 2. The second kappa shape index (κ2) is 11.9. The molecule has 2 heterocycles. The Morgan fingerprint density at radius 2 is 1.70 bits per heavy atom. The van der Waals surface area contributed by atoms with Crippen LogP contribution < -0.4 is 10.6 Å². The molecule has 0 aliphatic heterocycles. The number of hydrogen-bond donors (Lipinski definition) is 2. The molecule has 210 valence electrons. The molecular weight excluding hydrogens is 532 g/mol. The number of benzene rings is 2. The van der Waals surface area contributed by atoms with Crippen molar-refractivity contribution in [3.05, 3.63) is 79.1 Å². The zero-order valence-corrected chi connectivity index (χ0v) is 23.6. The Hall–Kier alpha value is -4.22. The van der Waals surface area contributed by atoms with Crippen LogP contribution in [-0.2, 0) is 24.3 Å². The molecule has 0 fully saturated rings. The van der Waals surface area contributed by atoms with E-state index in [1.807, 2.05) is 12.1 Å². The van der Waals surface area contributed by atoms with E-state index in [0.29, 0.717) is 16.7 Å². The van der Waals surface area contributed by atoms with Gasteiger partial charge in [0.2, 0.25) is 5.91 Å². The largest absolute Gasteiger partial charge is 0.444 e. The van der Waals surface area contributed by atoms with Gasteiger partial charge in [-0.15, -0.1) is 0 Å². The van der Waals surface area contributed by atoms with E-state index < -0.39 is 33.7 Å². The van der Waals surface area contributed by atoms with Crippen LogP contribution in [0, 0.1) is 0 Å². The first kappa shape index (κ1) is 28.8. The summed E-state index contributed by atoms with van der Waals surface area (Å²) in [5.41, 5.74) is 1.73. The summed E-state index contributed by atoms with van der Waals surface area (Å²) in [5, 5.41) is 6.08. The normalized spacial score (nSPS) is 12.6. The Kier molecular flexibility index (Phi) is 8.55. The molecule has 1 unspecified atom stereocenters. The molecule has 4 rings (SSSR count). The Labute approximate surface area is 233 Å². The van der Waals surface area contributed by atoms with Crippen LogP contribution in [0.5, 0.6) is 0 Å². The van der Waals surface area contributed by atoms with Crippen molar-refractivity contribution in [2.24, 2.45) is 0 Å². The van der Waals surface area contributed by atoms with Crippen LogP contribution in [0.4, 0.5) is 10.5 Å². The zero-order valence-electron chi connectivity index (χ0n) is 22.7. The standard InChI is InChI=1S/C29H32N4O6S/c1-29(2,3)39-28(35)32-25(16-19-38-4)27(34)31-21-12-10-20(11-13-21)23-14-17-30-26-24(23)15-18-33(26)40(36,37)22-8-6-5-7-9-22/h5-15,17-18,25H,16,19H2,1-4H3,(H,31,34)(H,32,35). The van der Waals surface area contributed by atoms with Crippen molar-refractivity contribution in [1.82, 2.24) is 14.3 Å². The third-order valence-corrected chi connectivity index (χ3v) is 7.62. The number of nitrogens with one attached hydrogen (secondary N) is 2. The number of methoxy groups -OCH3 is 1. The Morgan fingerprint density at radius 3 is 2.35 bits per heavy atom. The number of pyridine rings is 1. The van der Waals surface area contributed by atoms with Crippen molar-refractivity contribution in [2.45, 2.75) is 43.7 Å². The van der Waals surface area contributed by atoms with Gasteiger partial charge in [0.1, 0.15) is 11.6 Å².